The van der Waals surface area contributed by atoms with Crippen molar-refractivity contribution in [3.05, 3.63) is 224 Å². The normalized spacial score (nSPS) is 11.8. The van der Waals surface area contributed by atoms with Crippen molar-refractivity contribution in [2.24, 2.45) is 0 Å². The van der Waals surface area contributed by atoms with E-state index in [1.165, 1.54) is 54.5 Å². The van der Waals surface area contributed by atoms with Crippen LogP contribution in [0.25, 0.3) is 122 Å². The zero-order chi connectivity index (χ0) is 42.1. The van der Waals surface area contributed by atoms with Gasteiger partial charge in [-0.2, -0.15) is 0 Å². The van der Waals surface area contributed by atoms with Crippen molar-refractivity contribution in [3.8, 4) is 56.7 Å². The quantitative estimate of drug-likeness (QED) is 0.168. The molecule has 298 valence electrons. The molecule has 10 aromatic carbocycles. The number of nitrogens with zero attached hydrogens (tertiary/aromatic N) is 5. The van der Waals surface area contributed by atoms with Crippen LogP contribution in [0.4, 0.5) is 0 Å². The first-order valence-electron chi connectivity index (χ1n) is 21.7. The Morgan fingerprint density at radius 3 is 1.58 bits per heavy atom. The second-order valence-corrected chi connectivity index (χ2v) is 16.4. The molecule has 0 aliphatic rings. The molecule has 0 saturated heterocycles. The molecular formula is C59H37N5. The molecule has 13 aromatic rings. The Bertz CT molecular complexity index is 3870. The number of benzene rings is 10. The summed E-state index contributed by atoms with van der Waals surface area (Å²) in [6, 6.07) is 80.0. The second-order valence-electron chi connectivity index (χ2n) is 16.4. The maximum Gasteiger partial charge on any atom is 0.164 e. The van der Waals surface area contributed by atoms with Gasteiger partial charge in [0.25, 0.3) is 0 Å². The Labute approximate surface area is 368 Å². The van der Waals surface area contributed by atoms with Crippen molar-refractivity contribution in [1.29, 1.82) is 0 Å². The van der Waals surface area contributed by atoms with Gasteiger partial charge in [0, 0.05) is 49.6 Å². The minimum absolute atomic E-state index is 0.639. The molecule has 13 rings (SSSR count). The Kier molecular flexibility index (Phi) is 8.15. The summed E-state index contributed by atoms with van der Waals surface area (Å²) in [7, 11) is 0. The lowest BCUT2D eigenvalue weighted by atomic mass is 10.0. The van der Waals surface area contributed by atoms with E-state index in [9.17, 15) is 0 Å². The highest BCUT2D eigenvalue weighted by Gasteiger charge is 2.21. The van der Waals surface area contributed by atoms with Crippen LogP contribution in [0.3, 0.4) is 0 Å². The summed E-state index contributed by atoms with van der Waals surface area (Å²) in [5, 5.41) is 9.57. The van der Waals surface area contributed by atoms with Crippen LogP contribution < -0.4 is 0 Å². The van der Waals surface area contributed by atoms with Crippen LogP contribution in [0, 0.1) is 0 Å². The summed E-state index contributed by atoms with van der Waals surface area (Å²) in [5.74, 6) is 1.93. The summed E-state index contributed by atoms with van der Waals surface area (Å²) in [6.45, 7) is 0. The van der Waals surface area contributed by atoms with Crippen LogP contribution in [0.2, 0.25) is 0 Å². The number of rotatable bonds is 6. The summed E-state index contributed by atoms with van der Waals surface area (Å²) in [6.07, 6.45) is 0. The number of para-hydroxylation sites is 1. The molecule has 5 heteroatoms. The number of fused-ring (bicyclic) bond motifs is 9. The first-order chi connectivity index (χ1) is 31.7. The topological polar surface area (TPSA) is 48.5 Å². The van der Waals surface area contributed by atoms with Gasteiger partial charge in [0.15, 0.2) is 17.5 Å². The van der Waals surface area contributed by atoms with E-state index in [1.54, 1.807) is 0 Å². The van der Waals surface area contributed by atoms with Gasteiger partial charge in [0.2, 0.25) is 0 Å². The first kappa shape index (κ1) is 36.0. The highest BCUT2D eigenvalue weighted by molar-refractivity contribution is 6.25. The van der Waals surface area contributed by atoms with Crippen LogP contribution in [0.1, 0.15) is 0 Å². The third-order valence-electron chi connectivity index (χ3n) is 12.7. The number of aromatic nitrogens is 5. The predicted molar refractivity (Wildman–Crippen MR) is 265 cm³/mol. The highest BCUT2D eigenvalue weighted by atomic mass is 15.0. The maximum absolute atomic E-state index is 5.11. The average Bonchev–Trinajstić information content (AvgIpc) is 3.87. The molecule has 0 N–H and O–H groups in total. The summed E-state index contributed by atoms with van der Waals surface area (Å²) in [4.78, 5) is 15.2. The fourth-order valence-electron chi connectivity index (χ4n) is 9.78. The molecule has 3 heterocycles. The van der Waals surface area contributed by atoms with Crippen LogP contribution in [0.15, 0.2) is 224 Å². The van der Waals surface area contributed by atoms with Gasteiger partial charge in [0.1, 0.15) is 0 Å². The van der Waals surface area contributed by atoms with E-state index in [2.05, 4.69) is 173 Å². The molecule has 0 spiro atoms. The zero-order valence-electron chi connectivity index (χ0n) is 34.6. The largest absolute Gasteiger partial charge is 0.309 e. The van der Waals surface area contributed by atoms with E-state index in [0.717, 1.165) is 49.9 Å². The monoisotopic (exact) mass is 815 g/mol. The average molecular weight is 816 g/mol. The van der Waals surface area contributed by atoms with Crippen molar-refractivity contribution in [3.63, 3.8) is 0 Å². The fraction of sp³-hybridized carbons (Fsp3) is 0. The lowest BCUT2D eigenvalue weighted by Gasteiger charge is -2.13. The minimum atomic E-state index is 0.639. The van der Waals surface area contributed by atoms with Gasteiger partial charge in [-0.25, -0.2) is 15.0 Å². The van der Waals surface area contributed by atoms with E-state index in [1.807, 2.05) is 60.7 Å². The van der Waals surface area contributed by atoms with Gasteiger partial charge in [-0.3, -0.25) is 0 Å². The second kappa shape index (κ2) is 14.5. The smallest absolute Gasteiger partial charge is 0.164 e. The predicted octanol–water partition coefficient (Wildman–Crippen LogP) is 15.0. The van der Waals surface area contributed by atoms with Crippen LogP contribution >= 0.6 is 0 Å². The molecule has 5 nitrogen and oxygen atoms in total. The standard InChI is InChI=1S/C59H37N5/c1-5-16-38(17-6-1)42-29-32-52-49(35-42)50-36-51-55(63(44-24-11-4-12-25-44)53-33-28-39-18-13-14-26-47(39)56(51)53)37-54(50)64(52)45-30-31-46-43(34-45)23-15-27-48(46)59-61-57(40-19-7-2-8-20-40)60-58(62-59)41-21-9-3-10-22-41/h1-37H. The van der Waals surface area contributed by atoms with E-state index >= 15 is 0 Å². The summed E-state index contributed by atoms with van der Waals surface area (Å²) >= 11 is 0. The molecule has 0 unspecified atom stereocenters. The van der Waals surface area contributed by atoms with Gasteiger partial charge in [0.05, 0.1) is 22.1 Å². The van der Waals surface area contributed by atoms with E-state index in [4.69, 9.17) is 15.0 Å². The van der Waals surface area contributed by atoms with Crippen LogP contribution in [-0.4, -0.2) is 24.1 Å². The molecule has 0 saturated carbocycles. The SMILES string of the molecule is c1ccc(-c2ccc3c(c2)c2cc4c5c6ccccc6ccc5n(-c5ccccc5)c4cc2n3-c2ccc3c(-c4nc(-c5ccccc5)nc(-c5ccccc5)n4)cccc3c2)cc1. The molecule has 0 amide bonds. The molecule has 64 heavy (non-hydrogen) atoms. The van der Waals surface area contributed by atoms with Crippen molar-refractivity contribution in [2.45, 2.75) is 0 Å². The van der Waals surface area contributed by atoms with Crippen LogP contribution in [-0.2, 0) is 0 Å². The first-order valence-corrected chi connectivity index (χ1v) is 21.7. The molecule has 0 bridgehead atoms. The fourth-order valence-corrected chi connectivity index (χ4v) is 9.78. The summed E-state index contributed by atoms with van der Waals surface area (Å²) in [5.41, 5.74) is 12.1. The highest BCUT2D eigenvalue weighted by Crippen LogP contribution is 2.43. The Morgan fingerprint density at radius 2 is 0.844 bits per heavy atom. The number of hydrogen-bond donors (Lipinski definition) is 0. The van der Waals surface area contributed by atoms with Gasteiger partial charge in [-0.05, 0) is 87.3 Å². The van der Waals surface area contributed by atoms with E-state index in [-0.39, 0.29) is 0 Å². The van der Waals surface area contributed by atoms with Crippen molar-refractivity contribution < 1.29 is 0 Å². The van der Waals surface area contributed by atoms with E-state index < -0.39 is 0 Å². The van der Waals surface area contributed by atoms with Crippen molar-refractivity contribution >= 4 is 65.2 Å². The number of hydrogen-bond acceptors (Lipinski definition) is 3. The van der Waals surface area contributed by atoms with Gasteiger partial charge < -0.3 is 9.13 Å². The van der Waals surface area contributed by atoms with Gasteiger partial charge in [-0.15, -0.1) is 0 Å². The third kappa shape index (κ3) is 5.75. The van der Waals surface area contributed by atoms with E-state index in [0.29, 0.717) is 17.5 Å². The lowest BCUT2D eigenvalue weighted by Crippen LogP contribution is -2.00. The minimum Gasteiger partial charge on any atom is -0.309 e. The lowest BCUT2D eigenvalue weighted by molar-refractivity contribution is 1.08. The molecular weight excluding hydrogens is 779 g/mol. The van der Waals surface area contributed by atoms with Gasteiger partial charge >= 0.3 is 0 Å². The van der Waals surface area contributed by atoms with Gasteiger partial charge in [-0.1, -0.05) is 170 Å². The zero-order valence-corrected chi connectivity index (χ0v) is 34.6. The molecule has 0 aliphatic carbocycles. The Balaban J connectivity index is 1.07. The van der Waals surface area contributed by atoms with Crippen molar-refractivity contribution in [1.82, 2.24) is 24.1 Å². The van der Waals surface area contributed by atoms with Crippen LogP contribution in [0.5, 0.6) is 0 Å². The third-order valence-corrected chi connectivity index (χ3v) is 12.7. The Morgan fingerprint density at radius 1 is 0.266 bits per heavy atom. The molecule has 0 radical (unpaired) electrons. The molecule has 3 aromatic heterocycles. The maximum atomic E-state index is 5.11. The summed E-state index contributed by atoms with van der Waals surface area (Å²) < 4.78 is 4.88. The molecule has 0 atom stereocenters. The van der Waals surface area contributed by atoms with Crippen molar-refractivity contribution in [2.75, 3.05) is 0 Å². The molecule has 0 aliphatic heterocycles. The molecule has 0 fully saturated rings. The Hall–Kier alpha value is -8.67.